The lowest BCUT2D eigenvalue weighted by Gasteiger charge is -2.30. The molecule has 0 unspecified atom stereocenters. The Labute approximate surface area is 181 Å². The maximum atomic E-state index is 12.9. The van der Waals surface area contributed by atoms with Gasteiger partial charge in [-0.25, -0.2) is 12.7 Å². The summed E-state index contributed by atoms with van der Waals surface area (Å²) in [6, 6.07) is 10.7. The molecular weight excluding hydrogens is 418 g/mol. The Morgan fingerprint density at radius 2 is 1.61 bits per heavy atom. The first-order valence-electron chi connectivity index (χ1n) is 10.4. The zero-order valence-corrected chi connectivity index (χ0v) is 18.2. The molecule has 0 radical (unpaired) electrons. The Kier molecular flexibility index (Phi) is 5.81. The molecule has 2 aromatic carbocycles. The normalized spacial score (nSPS) is 17.9. The lowest BCUT2D eigenvalue weighted by atomic mass is 9.94. The summed E-state index contributed by atoms with van der Waals surface area (Å²) in [4.78, 5) is 39.3. The van der Waals surface area contributed by atoms with Gasteiger partial charge in [-0.3, -0.25) is 19.3 Å². The summed E-state index contributed by atoms with van der Waals surface area (Å²) in [6.45, 7) is 0.958. The molecule has 3 amide bonds. The number of nitrogens with one attached hydrogen (secondary N) is 1. The summed E-state index contributed by atoms with van der Waals surface area (Å²) in [5.41, 5.74) is 1.02. The number of carbonyl (C=O) groups excluding carboxylic acids is 3. The van der Waals surface area contributed by atoms with Crippen LogP contribution in [-0.2, 0) is 14.8 Å². The van der Waals surface area contributed by atoms with E-state index in [0.717, 1.165) is 5.39 Å². The molecule has 2 heterocycles. The van der Waals surface area contributed by atoms with Crippen molar-refractivity contribution in [2.75, 3.05) is 25.9 Å². The maximum Gasteiger partial charge on any atom is 0.261 e. The molecule has 9 heteroatoms. The number of sulfonamides is 1. The van der Waals surface area contributed by atoms with Crippen molar-refractivity contribution in [3.05, 3.63) is 47.5 Å². The molecule has 2 aliphatic heterocycles. The van der Waals surface area contributed by atoms with Gasteiger partial charge in [0, 0.05) is 48.6 Å². The van der Waals surface area contributed by atoms with Gasteiger partial charge in [0.1, 0.15) is 0 Å². The fraction of sp³-hybridized carbons (Fsp3) is 0.409. The van der Waals surface area contributed by atoms with Crippen molar-refractivity contribution in [1.82, 2.24) is 14.5 Å². The molecule has 0 spiro atoms. The lowest BCUT2D eigenvalue weighted by molar-refractivity contribution is -0.122. The fourth-order valence-electron chi connectivity index (χ4n) is 4.31. The zero-order chi connectivity index (χ0) is 22.2. The summed E-state index contributed by atoms with van der Waals surface area (Å²) in [5.74, 6) is -0.817. The van der Waals surface area contributed by atoms with E-state index < -0.39 is 10.0 Å². The number of rotatable bonds is 6. The second kappa shape index (κ2) is 8.39. The molecule has 0 bridgehead atoms. The van der Waals surface area contributed by atoms with Crippen molar-refractivity contribution in [3.63, 3.8) is 0 Å². The largest absolute Gasteiger partial charge is 0.353 e. The van der Waals surface area contributed by atoms with E-state index in [1.54, 1.807) is 24.3 Å². The smallest absolute Gasteiger partial charge is 0.261 e. The van der Waals surface area contributed by atoms with Crippen LogP contribution >= 0.6 is 0 Å². The second-order valence-corrected chi connectivity index (χ2v) is 10.1. The summed E-state index contributed by atoms with van der Waals surface area (Å²) in [6.07, 6.45) is 2.89. The van der Waals surface area contributed by atoms with Gasteiger partial charge in [0.2, 0.25) is 15.9 Å². The Morgan fingerprint density at radius 3 is 2.16 bits per heavy atom. The van der Waals surface area contributed by atoms with Crippen LogP contribution in [0.2, 0.25) is 0 Å². The van der Waals surface area contributed by atoms with Gasteiger partial charge in [-0.15, -0.1) is 0 Å². The van der Waals surface area contributed by atoms with Gasteiger partial charge in [0.05, 0.1) is 6.26 Å². The maximum absolute atomic E-state index is 12.9. The number of amides is 3. The summed E-state index contributed by atoms with van der Waals surface area (Å²) >= 11 is 0. The van der Waals surface area contributed by atoms with Gasteiger partial charge in [-0.2, -0.15) is 0 Å². The summed E-state index contributed by atoms with van der Waals surface area (Å²) in [7, 11) is -3.20. The van der Waals surface area contributed by atoms with Gasteiger partial charge < -0.3 is 5.32 Å². The molecule has 0 aliphatic carbocycles. The third-order valence-corrected chi connectivity index (χ3v) is 7.23. The Balaban J connectivity index is 1.32. The van der Waals surface area contributed by atoms with E-state index in [0.29, 0.717) is 48.9 Å². The van der Waals surface area contributed by atoms with Crippen LogP contribution in [0.15, 0.2) is 36.4 Å². The molecule has 2 aliphatic rings. The molecule has 8 nitrogen and oxygen atoms in total. The van der Waals surface area contributed by atoms with Crippen LogP contribution in [0, 0.1) is 0 Å². The molecule has 4 rings (SSSR count). The molecule has 1 saturated heterocycles. The van der Waals surface area contributed by atoms with Crippen molar-refractivity contribution < 1.29 is 22.8 Å². The van der Waals surface area contributed by atoms with Crippen molar-refractivity contribution in [3.8, 4) is 0 Å². The number of benzene rings is 2. The molecule has 31 heavy (non-hydrogen) atoms. The quantitative estimate of drug-likeness (QED) is 0.685. The van der Waals surface area contributed by atoms with Gasteiger partial charge in [0.25, 0.3) is 11.8 Å². The first kappa shape index (κ1) is 21.5. The van der Waals surface area contributed by atoms with Gasteiger partial charge >= 0.3 is 0 Å². The Morgan fingerprint density at radius 1 is 1.03 bits per heavy atom. The third-order valence-electron chi connectivity index (χ3n) is 5.93. The topological polar surface area (TPSA) is 104 Å². The van der Waals surface area contributed by atoms with E-state index in [2.05, 4.69) is 5.32 Å². The number of hydrogen-bond acceptors (Lipinski definition) is 5. The number of carbonyl (C=O) groups is 3. The highest BCUT2D eigenvalue weighted by molar-refractivity contribution is 7.88. The Hall–Kier alpha value is -2.78. The van der Waals surface area contributed by atoms with Crippen LogP contribution in [0.25, 0.3) is 10.8 Å². The van der Waals surface area contributed by atoms with Crippen molar-refractivity contribution in [2.24, 2.45) is 0 Å². The standard InChI is InChI=1S/C22H25N3O5S/c1-31(29,30)24-13-10-16(11-14-24)23-19(26)9-4-12-25-21(27)17-7-2-5-15-6-3-8-18(20(15)17)22(25)28/h2-3,5-8,16H,4,9-14H2,1H3,(H,23,26). The van der Waals surface area contributed by atoms with Crippen molar-refractivity contribution in [1.29, 1.82) is 0 Å². The third kappa shape index (κ3) is 4.33. The van der Waals surface area contributed by atoms with Crippen LogP contribution in [0.3, 0.4) is 0 Å². The van der Waals surface area contributed by atoms with E-state index in [1.807, 2.05) is 12.1 Å². The minimum atomic E-state index is -3.20. The predicted octanol–water partition coefficient (Wildman–Crippen LogP) is 1.76. The van der Waals surface area contributed by atoms with E-state index in [4.69, 9.17) is 0 Å². The highest BCUT2D eigenvalue weighted by atomic mass is 32.2. The number of piperidine rings is 1. The molecule has 2 aromatic rings. The van der Waals surface area contributed by atoms with E-state index in [1.165, 1.54) is 15.5 Å². The predicted molar refractivity (Wildman–Crippen MR) is 116 cm³/mol. The number of nitrogens with zero attached hydrogens (tertiary/aromatic N) is 2. The molecule has 1 fully saturated rings. The minimum absolute atomic E-state index is 0.0618. The van der Waals surface area contributed by atoms with Gasteiger partial charge in [-0.05, 0) is 36.8 Å². The van der Waals surface area contributed by atoms with Crippen LogP contribution in [0.4, 0.5) is 0 Å². The first-order valence-corrected chi connectivity index (χ1v) is 12.2. The second-order valence-electron chi connectivity index (χ2n) is 8.08. The van der Waals surface area contributed by atoms with E-state index >= 15 is 0 Å². The van der Waals surface area contributed by atoms with Crippen LogP contribution in [-0.4, -0.2) is 67.3 Å². The van der Waals surface area contributed by atoms with Crippen molar-refractivity contribution >= 4 is 38.5 Å². The zero-order valence-electron chi connectivity index (χ0n) is 17.3. The number of imide groups is 1. The summed E-state index contributed by atoms with van der Waals surface area (Å²) < 4.78 is 24.6. The van der Waals surface area contributed by atoms with Crippen molar-refractivity contribution in [2.45, 2.75) is 31.7 Å². The van der Waals surface area contributed by atoms with Crippen LogP contribution in [0.1, 0.15) is 46.4 Å². The highest BCUT2D eigenvalue weighted by Crippen LogP contribution is 2.30. The molecule has 0 saturated carbocycles. The SMILES string of the molecule is CS(=O)(=O)N1CCC(NC(=O)CCCN2C(=O)c3cccc4cccc(c34)C2=O)CC1. The van der Waals surface area contributed by atoms with Gasteiger partial charge in [-0.1, -0.05) is 24.3 Å². The molecular formula is C22H25N3O5S. The monoisotopic (exact) mass is 443 g/mol. The molecule has 1 N–H and O–H groups in total. The molecule has 164 valence electrons. The fourth-order valence-corrected chi connectivity index (χ4v) is 5.19. The number of hydrogen-bond donors (Lipinski definition) is 1. The van der Waals surface area contributed by atoms with E-state index in [9.17, 15) is 22.8 Å². The van der Waals surface area contributed by atoms with Crippen LogP contribution in [0.5, 0.6) is 0 Å². The first-order chi connectivity index (χ1) is 14.8. The average Bonchev–Trinajstić information content (AvgIpc) is 2.74. The minimum Gasteiger partial charge on any atom is -0.353 e. The highest BCUT2D eigenvalue weighted by Gasteiger charge is 2.32. The molecule has 0 aromatic heterocycles. The Bertz CT molecular complexity index is 1100. The average molecular weight is 444 g/mol. The summed E-state index contributed by atoms with van der Waals surface area (Å²) in [5, 5.41) is 4.48. The molecule has 0 atom stereocenters. The lowest BCUT2D eigenvalue weighted by Crippen LogP contribution is -2.46. The van der Waals surface area contributed by atoms with E-state index in [-0.39, 0.29) is 36.7 Å². The van der Waals surface area contributed by atoms with Gasteiger partial charge in [0.15, 0.2) is 0 Å². The van der Waals surface area contributed by atoms with Crippen LogP contribution < -0.4 is 5.32 Å².